The Morgan fingerprint density at radius 1 is 1.05 bits per heavy atom. The monoisotopic (exact) mass is 580 g/mol. The van der Waals surface area contributed by atoms with E-state index in [-0.39, 0.29) is 36.2 Å². The summed E-state index contributed by atoms with van der Waals surface area (Å²) in [6.07, 6.45) is 7.99. The third-order valence-electron chi connectivity index (χ3n) is 7.88. The summed E-state index contributed by atoms with van der Waals surface area (Å²) in [7, 11) is 0. The topological polar surface area (TPSA) is 143 Å². The van der Waals surface area contributed by atoms with Gasteiger partial charge < -0.3 is 15.4 Å². The zero-order chi connectivity index (χ0) is 29.7. The standard InChI is InChI=1S/C30H29FN10O2/c1-30(2,32)19-12-24(18-4-6-20(31)7-5-18)37-26(13-19)43-27-21-14-39(15-22(21)27)28(42)23-16-40(29-33-8-3-9-34-29)38-25(23)17-41-35-10-11-36-41/h3-13,16,21-22,27H,14-15,17,32H2,1-2H3/t21-,22+,27?. The molecule has 1 saturated heterocycles. The number of amides is 1. The van der Waals surface area contributed by atoms with E-state index in [1.54, 1.807) is 49.2 Å². The Hall–Kier alpha value is -5.04. The molecule has 12 nitrogen and oxygen atoms in total. The second-order valence-corrected chi connectivity index (χ2v) is 11.5. The first-order valence-electron chi connectivity index (χ1n) is 14.0. The smallest absolute Gasteiger partial charge is 0.257 e. The third-order valence-corrected chi connectivity index (χ3v) is 7.88. The molecular formula is C30H29FN10O2. The number of halogens is 1. The van der Waals surface area contributed by atoms with Crippen LogP contribution in [0.4, 0.5) is 4.39 Å². The highest BCUT2D eigenvalue weighted by Crippen LogP contribution is 2.48. The molecule has 0 bridgehead atoms. The maximum Gasteiger partial charge on any atom is 0.257 e. The van der Waals surface area contributed by atoms with Crippen molar-refractivity contribution in [3.05, 3.63) is 96.1 Å². The first kappa shape index (κ1) is 26.8. The summed E-state index contributed by atoms with van der Waals surface area (Å²) in [5.41, 5.74) is 9.07. The largest absolute Gasteiger partial charge is 0.474 e. The van der Waals surface area contributed by atoms with E-state index >= 15 is 0 Å². The summed E-state index contributed by atoms with van der Waals surface area (Å²) in [6.45, 7) is 5.16. The minimum absolute atomic E-state index is 0.0676. The summed E-state index contributed by atoms with van der Waals surface area (Å²) in [5.74, 6) is 0.747. The van der Waals surface area contributed by atoms with Crippen molar-refractivity contribution >= 4 is 5.91 Å². The van der Waals surface area contributed by atoms with Crippen molar-refractivity contribution in [2.24, 2.45) is 17.6 Å². The lowest BCUT2D eigenvalue weighted by Gasteiger charge is -2.22. The number of nitrogens with two attached hydrogens (primary N) is 1. The van der Waals surface area contributed by atoms with Crippen LogP contribution in [0.25, 0.3) is 17.2 Å². The lowest BCUT2D eigenvalue weighted by molar-refractivity contribution is 0.0750. The van der Waals surface area contributed by atoms with Crippen molar-refractivity contribution in [1.29, 1.82) is 0 Å². The molecule has 2 aliphatic rings. The molecular weight excluding hydrogens is 551 g/mol. The quantitative estimate of drug-likeness (QED) is 0.293. The predicted molar refractivity (Wildman–Crippen MR) is 152 cm³/mol. The molecule has 5 heterocycles. The maximum atomic E-state index is 13.7. The molecule has 2 fully saturated rings. The highest BCUT2D eigenvalue weighted by Gasteiger charge is 2.59. The number of carbonyl (C=O) groups excluding carboxylic acids is 1. The Morgan fingerprint density at radius 3 is 2.42 bits per heavy atom. The highest BCUT2D eigenvalue weighted by atomic mass is 19.1. The van der Waals surface area contributed by atoms with Gasteiger partial charge in [0.1, 0.15) is 18.5 Å². The summed E-state index contributed by atoms with van der Waals surface area (Å²) < 4.78 is 21.4. The Morgan fingerprint density at radius 2 is 1.74 bits per heavy atom. The molecule has 1 amide bonds. The number of hydrogen-bond acceptors (Lipinski definition) is 9. The molecule has 5 aromatic rings. The van der Waals surface area contributed by atoms with Crippen LogP contribution < -0.4 is 10.5 Å². The zero-order valence-corrected chi connectivity index (χ0v) is 23.6. The van der Waals surface area contributed by atoms with E-state index in [0.29, 0.717) is 41.9 Å². The summed E-state index contributed by atoms with van der Waals surface area (Å²) in [6, 6.07) is 11.7. The average molecular weight is 581 g/mol. The number of nitrogens with zero attached hydrogens (tertiary/aromatic N) is 9. The van der Waals surface area contributed by atoms with Crippen molar-refractivity contribution < 1.29 is 13.9 Å². The number of pyridine rings is 1. The van der Waals surface area contributed by atoms with Crippen molar-refractivity contribution in [1.82, 2.24) is 44.6 Å². The lowest BCUT2D eigenvalue weighted by atomic mass is 9.95. The number of fused-ring (bicyclic) bond motifs is 1. The van der Waals surface area contributed by atoms with Gasteiger partial charge in [0.05, 0.1) is 29.3 Å². The number of likely N-dealkylation sites (tertiary alicyclic amines) is 1. The Balaban J connectivity index is 1.08. The van der Waals surface area contributed by atoms with E-state index in [0.717, 1.165) is 11.1 Å². The Kier molecular flexibility index (Phi) is 6.46. The number of carbonyl (C=O) groups is 1. The highest BCUT2D eigenvalue weighted by molar-refractivity contribution is 5.95. The van der Waals surface area contributed by atoms with E-state index < -0.39 is 5.54 Å². The molecule has 2 N–H and O–H groups in total. The summed E-state index contributed by atoms with van der Waals surface area (Å²) in [4.78, 5) is 30.3. The van der Waals surface area contributed by atoms with Gasteiger partial charge in [0.15, 0.2) is 0 Å². The van der Waals surface area contributed by atoms with Crippen LogP contribution in [0.2, 0.25) is 0 Å². The minimum Gasteiger partial charge on any atom is -0.474 e. The fraction of sp³-hybridized carbons (Fsp3) is 0.300. The van der Waals surface area contributed by atoms with Gasteiger partial charge in [-0.15, -0.1) is 0 Å². The van der Waals surface area contributed by atoms with Gasteiger partial charge in [-0.1, -0.05) is 0 Å². The van der Waals surface area contributed by atoms with E-state index in [2.05, 4.69) is 25.3 Å². The maximum absolute atomic E-state index is 13.7. The minimum atomic E-state index is -0.628. The molecule has 43 heavy (non-hydrogen) atoms. The molecule has 3 atom stereocenters. The molecule has 218 valence electrons. The molecule has 7 rings (SSSR count). The van der Waals surface area contributed by atoms with Gasteiger partial charge in [-0.3, -0.25) is 4.79 Å². The second kappa shape index (κ2) is 10.3. The van der Waals surface area contributed by atoms with Crippen LogP contribution in [0.1, 0.15) is 35.5 Å². The number of benzene rings is 1. The second-order valence-electron chi connectivity index (χ2n) is 11.5. The van der Waals surface area contributed by atoms with Crippen LogP contribution in [0.5, 0.6) is 5.88 Å². The first-order chi connectivity index (χ1) is 20.7. The fourth-order valence-electron chi connectivity index (χ4n) is 5.50. The molecule has 13 heteroatoms. The van der Waals surface area contributed by atoms with Gasteiger partial charge in [0.25, 0.3) is 5.91 Å². The van der Waals surface area contributed by atoms with Crippen LogP contribution in [0.3, 0.4) is 0 Å². The molecule has 1 saturated carbocycles. The first-order valence-corrected chi connectivity index (χ1v) is 14.0. The van der Waals surface area contributed by atoms with Crippen molar-refractivity contribution in [2.45, 2.75) is 32.0 Å². The number of ether oxygens (including phenoxy) is 1. The normalized spacial score (nSPS) is 19.3. The van der Waals surface area contributed by atoms with Crippen LogP contribution in [-0.2, 0) is 12.1 Å². The van der Waals surface area contributed by atoms with E-state index in [1.165, 1.54) is 21.6 Å². The summed E-state index contributed by atoms with van der Waals surface area (Å²) >= 11 is 0. The van der Waals surface area contributed by atoms with Crippen molar-refractivity contribution in [3.63, 3.8) is 0 Å². The number of piperidine rings is 1. The third kappa shape index (κ3) is 5.34. The lowest BCUT2D eigenvalue weighted by Crippen LogP contribution is -2.34. The van der Waals surface area contributed by atoms with Crippen molar-refractivity contribution in [3.8, 4) is 23.1 Å². The van der Waals surface area contributed by atoms with Crippen molar-refractivity contribution in [2.75, 3.05) is 13.1 Å². The van der Waals surface area contributed by atoms with E-state index in [4.69, 9.17) is 15.5 Å². The van der Waals surface area contributed by atoms with Gasteiger partial charge in [0.2, 0.25) is 11.8 Å². The van der Waals surface area contributed by atoms with Crippen LogP contribution in [-0.4, -0.2) is 69.7 Å². The predicted octanol–water partition coefficient (Wildman–Crippen LogP) is 2.85. The zero-order valence-electron chi connectivity index (χ0n) is 23.6. The van der Waals surface area contributed by atoms with E-state index in [9.17, 15) is 9.18 Å². The van der Waals surface area contributed by atoms with Crippen LogP contribution >= 0.6 is 0 Å². The Labute approximate surface area is 246 Å². The van der Waals surface area contributed by atoms with Crippen LogP contribution in [0.15, 0.2) is 73.4 Å². The van der Waals surface area contributed by atoms with Gasteiger partial charge in [0, 0.05) is 60.7 Å². The summed E-state index contributed by atoms with van der Waals surface area (Å²) in [5, 5.41) is 12.9. The number of rotatable bonds is 8. The molecule has 1 aliphatic carbocycles. The molecule has 1 aliphatic heterocycles. The molecule has 0 radical (unpaired) electrons. The van der Waals surface area contributed by atoms with Gasteiger partial charge in [-0.05, 0) is 55.8 Å². The van der Waals surface area contributed by atoms with E-state index in [1.807, 2.05) is 30.9 Å². The SMILES string of the molecule is CC(C)(N)c1cc(OC2[C@H]3CN(C(=O)c4cn(-c5ncccn5)nc4Cn4nccn4)C[C@@H]23)nc(-c2ccc(F)cc2)c1. The van der Waals surface area contributed by atoms with Crippen LogP contribution in [0, 0.1) is 17.7 Å². The van der Waals surface area contributed by atoms with Gasteiger partial charge in [-0.25, -0.2) is 24.0 Å². The molecule has 1 aromatic carbocycles. The molecule has 0 spiro atoms. The fourth-order valence-corrected chi connectivity index (χ4v) is 5.50. The average Bonchev–Trinajstić information content (AvgIpc) is 3.51. The number of hydrogen-bond donors (Lipinski definition) is 1. The molecule has 1 unspecified atom stereocenters. The Bertz CT molecular complexity index is 1760. The molecule has 4 aromatic heterocycles. The number of aromatic nitrogens is 8. The van der Waals surface area contributed by atoms with Gasteiger partial charge in [-0.2, -0.15) is 20.1 Å². The van der Waals surface area contributed by atoms with Gasteiger partial charge >= 0.3 is 0 Å².